The van der Waals surface area contributed by atoms with E-state index < -0.39 is 0 Å². The number of carbonyl (C=O) groups excluding carboxylic acids is 1. The van der Waals surface area contributed by atoms with E-state index in [9.17, 15) is 4.79 Å². The molecule has 1 aromatic carbocycles. The lowest BCUT2D eigenvalue weighted by molar-refractivity contribution is -0.142. The number of carbonyl (C=O) groups is 1. The Labute approximate surface area is 147 Å². The highest BCUT2D eigenvalue weighted by molar-refractivity contribution is 7.80. The molecule has 0 aromatic heterocycles. The molecule has 0 aliphatic heterocycles. The lowest BCUT2D eigenvalue weighted by atomic mass is 9.75. The van der Waals surface area contributed by atoms with Crippen molar-refractivity contribution < 1.29 is 9.53 Å². The van der Waals surface area contributed by atoms with E-state index in [0.717, 1.165) is 6.42 Å². The van der Waals surface area contributed by atoms with Gasteiger partial charge in [-0.2, -0.15) is 12.6 Å². The highest BCUT2D eigenvalue weighted by Crippen LogP contribution is 2.34. The van der Waals surface area contributed by atoms with Gasteiger partial charge in [-0.25, -0.2) is 0 Å². The molecule has 1 rings (SSSR count). The Balaban J connectivity index is 3.11. The van der Waals surface area contributed by atoms with Crippen LogP contribution in [0.5, 0.6) is 0 Å². The molecule has 1 aromatic rings. The molecule has 0 spiro atoms. The molecule has 0 radical (unpaired) electrons. The van der Waals surface area contributed by atoms with Crippen molar-refractivity contribution in [3.05, 3.63) is 34.4 Å². The maximum atomic E-state index is 11.7. The van der Waals surface area contributed by atoms with Crippen LogP contribution in [0.4, 0.5) is 0 Å². The van der Waals surface area contributed by atoms with Gasteiger partial charge in [0, 0.05) is 12.2 Å². The minimum atomic E-state index is -0.144. The minimum Gasteiger partial charge on any atom is -0.465 e. The Morgan fingerprint density at radius 1 is 1.04 bits per heavy atom. The molecule has 0 heterocycles. The third kappa shape index (κ3) is 5.87. The zero-order valence-corrected chi connectivity index (χ0v) is 16.6. The van der Waals surface area contributed by atoms with Gasteiger partial charge in [0.15, 0.2) is 0 Å². The van der Waals surface area contributed by atoms with Crippen LogP contribution in [0.3, 0.4) is 0 Å². The first-order valence-electron chi connectivity index (χ1n) is 8.37. The summed E-state index contributed by atoms with van der Waals surface area (Å²) in [6, 6.07) is 4.52. The zero-order valence-electron chi connectivity index (χ0n) is 15.7. The second kappa shape index (κ2) is 7.74. The highest BCUT2D eigenvalue weighted by atomic mass is 32.1. The average molecular weight is 337 g/mol. The molecule has 0 unspecified atom stereocenters. The molecule has 0 amide bonds. The van der Waals surface area contributed by atoms with Gasteiger partial charge < -0.3 is 4.74 Å². The van der Waals surface area contributed by atoms with E-state index in [1.54, 1.807) is 0 Å². The molecule has 0 fully saturated rings. The number of esters is 1. The van der Waals surface area contributed by atoms with Crippen LogP contribution in [0.1, 0.15) is 70.2 Å². The summed E-state index contributed by atoms with van der Waals surface area (Å²) in [5.41, 5.74) is 5.49. The van der Waals surface area contributed by atoms with Crippen LogP contribution in [-0.4, -0.2) is 18.3 Å². The smallest absolute Gasteiger partial charge is 0.306 e. The molecule has 23 heavy (non-hydrogen) atoms. The SMILES string of the molecule is Cc1c(C(C)(C)C)cc(CCC(=O)OCCS)cc1C(C)(C)C. The molecule has 0 atom stereocenters. The van der Waals surface area contributed by atoms with E-state index in [0.29, 0.717) is 18.8 Å². The van der Waals surface area contributed by atoms with Crippen LogP contribution in [0.25, 0.3) is 0 Å². The fourth-order valence-electron chi connectivity index (χ4n) is 2.95. The number of hydrogen-bond acceptors (Lipinski definition) is 3. The van der Waals surface area contributed by atoms with Crippen molar-refractivity contribution in [1.29, 1.82) is 0 Å². The maximum absolute atomic E-state index is 11.7. The van der Waals surface area contributed by atoms with E-state index in [1.807, 2.05) is 0 Å². The molecule has 0 bridgehead atoms. The van der Waals surface area contributed by atoms with Gasteiger partial charge in [0.25, 0.3) is 0 Å². The maximum Gasteiger partial charge on any atom is 0.306 e. The van der Waals surface area contributed by atoms with Gasteiger partial charge in [-0.15, -0.1) is 0 Å². The number of ether oxygens (including phenoxy) is 1. The van der Waals surface area contributed by atoms with Crippen LogP contribution in [0.15, 0.2) is 12.1 Å². The largest absolute Gasteiger partial charge is 0.465 e. The number of benzene rings is 1. The van der Waals surface area contributed by atoms with Crippen molar-refractivity contribution in [2.75, 3.05) is 12.4 Å². The second-order valence-electron chi connectivity index (χ2n) is 8.26. The van der Waals surface area contributed by atoms with E-state index >= 15 is 0 Å². The van der Waals surface area contributed by atoms with Gasteiger partial charge in [0.2, 0.25) is 0 Å². The first-order chi connectivity index (χ1) is 10.5. The molecule has 3 heteroatoms. The van der Waals surface area contributed by atoms with Crippen LogP contribution < -0.4 is 0 Å². The van der Waals surface area contributed by atoms with Crippen molar-refractivity contribution in [2.45, 2.75) is 72.1 Å². The van der Waals surface area contributed by atoms with Crippen molar-refractivity contribution in [3.8, 4) is 0 Å². The number of aryl methyl sites for hydroxylation is 1. The van der Waals surface area contributed by atoms with E-state index in [4.69, 9.17) is 4.74 Å². The summed E-state index contributed by atoms with van der Waals surface area (Å²) in [5.74, 6) is 0.424. The standard InChI is InChI=1S/C20H32O2S/c1-14-16(19(2,3)4)12-15(13-17(14)20(5,6)7)8-9-18(21)22-10-11-23/h12-13,23H,8-11H2,1-7H3. The highest BCUT2D eigenvalue weighted by Gasteiger charge is 2.24. The van der Waals surface area contributed by atoms with Crippen molar-refractivity contribution in [1.82, 2.24) is 0 Å². The molecular weight excluding hydrogens is 304 g/mol. The number of thiol groups is 1. The van der Waals surface area contributed by atoms with Gasteiger partial charge in [-0.05, 0) is 46.4 Å². The Hall–Kier alpha value is -0.960. The van der Waals surface area contributed by atoms with Gasteiger partial charge in [0.1, 0.15) is 6.61 Å². The molecular formula is C20H32O2S. The summed E-state index contributed by atoms with van der Waals surface area (Å²) < 4.78 is 5.12. The molecule has 0 saturated carbocycles. The van der Waals surface area contributed by atoms with E-state index in [1.165, 1.54) is 22.3 Å². The van der Waals surface area contributed by atoms with Gasteiger partial charge in [-0.3, -0.25) is 4.79 Å². The predicted octanol–water partition coefficient (Wildman–Crippen LogP) is 5.00. The van der Waals surface area contributed by atoms with Crippen molar-refractivity contribution in [2.24, 2.45) is 0 Å². The average Bonchev–Trinajstić information content (AvgIpc) is 2.41. The normalized spacial score (nSPS) is 12.3. The van der Waals surface area contributed by atoms with Crippen LogP contribution in [0, 0.1) is 6.92 Å². The van der Waals surface area contributed by atoms with Crippen molar-refractivity contribution >= 4 is 18.6 Å². The lowest BCUT2D eigenvalue weighted by Crippen LogP contribution is -2.20. The Morgan fingerprint density at radius 3 is 1.91 bits per heavy atom. The molecule has 0 aliphatic rings. The third-order valence-corrected chi connectivity index (χ3v) is 4.24. The first kappa shape index (κ1) is 20.1. The first-order valence-corrected chi connectivity index (χ1v) is 9.01. The Bertz CT molecular complexity index is 513. The topological polar surface area (TPSA) is 26.3 Å². The Kier molecular flexibility index (Phi) is 6.76. The summed E-state index contributed by atoms with van der Waals surface area (Å²) >= 11 is 4.06. The summed E-state index contributed by atoms with van der Waals surface area (Å²) in [4.78, 5) is 11.7. The van der Waals surface area contributed by atoms with Crippen LogP contribution in [-0.2, 0) is 26.8 Å². The third-order valence-electron chi connectivity index (χ3n) is 4.06. The fraction of sp³-hybridized carbons (Fsp3) is 0.650. The molecule has 0 saturated heterocycles. The monoisotopic (exact) mass is 336 g/mol. The molecule has 2 nitrogen and oxygen atoms in total. The number of rotatable bonds is 5. The fourth-order valence-corrected chi connectivity index (χ4v) is 3.05. The van der Waals surface area contributed by atoms with Gasteiger partial charge >= 0.3 is 5.97 Å². The molecule has 130 valence electrons. The summed E-state index contributed by atoms with van der Waals surface area (Å²) in [5, 5.41) is 0. The number of hydrogen-bond donors (Lipinski definition) is 1. The second-order valence-corrected chi connectivity index (χ2v) is 8.71. The van der Waals surface area contributed by atoms with E-state index in [2.05, 4.69) is 73.2 Å². The van der Waals surface area contributed by atoms with Gasteiger partial charge in [0.05, 0.1) is 0 Å². The summed E-state index contributed by atoms with van der Waals surface area (Å²) in [6.45, 7) is 16.1. The quantitative estimate of drug-likeness (QED) is 0.605. The van der Waals surface area contributed by atoms with Crippen LogP contribution in [0.2, 0.25) is 0 Å². The molecule has 0 aliphatic carbocycles. The zero-order chi connectivity index (χ0) is 17.8. The summed E-state index contributed by atoms with van der Waals surface area (Å²) in [6.07, 6.45) is 1.14. The minimum absolute atomic E-state index is 0.0899. The van der Waals surface area contributed by atoms with Crippen molar-refractivity contribution in [3.63, 3.8) is 0 Å². The predicted molar refractivity (Wildman–Crippen MR) is 102 cm³/mol. The summed E-state index contributed by atoms with van der Waals surface area (Å²) in [7, 11) is 0. The lowest BCUT2D eigenvalue weighted by Gasteiger charge is -2.30. The molecule has 0 N–H and O–H groups in total. The van der Waals surface area contributed by atoms with Crippen LogP contribution >= 0.6 is 12.6 Å². The Morgan fingerprint density at radius 2 is 1.52 bits per heavy atom. The van der Waals surface area contributed by atoms with Gasteiger partial charge in [-0.1, -0.05) is 53.7 Å². The van der Waals surface area contributed by atoms with E-state index in [-0.39, 0.29) is 16.8 Å².